The van der Waals surface area contributed by atoms with Crippen molar-refractivity contribution < 1.29 is 5.11 Å². The first kappa shape index (κ1) is 12.8. The summed E-state index contributed by atoms with van der Waals surface area (Å²) in [5, 5.41) is 17.6. The summed E-state index contributed by atoms with van der Waals surface area (Å²) in [6.45, 7) is 3.36. The fourth-order valence-corrected chi connectivity index (χ4v) is 2.23. The lowest BCUT2D eigenvalue weighted by atomic mass is 9.98. The van der Waals surface area contributed by atoms with Gasteiger partial charge in [-0.2, -0.15) is 0 Å². The zero-order chi connectivity index (χ0) is 13.2. The zero-order valence-electron chi connectivity index (χ0n) is 10.6. The summed E-state index contributed by atoms with van der Waals surface area (Å²) in [6.07, 6.45) is 5.49. The molecule has 0 spiro atoms. The first-order valence-electron chi connectivity index (χ1n) is 6.12. The maximum absolute atomic E-state index is 10.1. The minimum atomic E-state index is -0.618. The third-order valence-electron chi connectivity index (χ3n) is 3.30. The Morgan fingerprint density at radius 3 is 2.83 bits per heavy atom. The van der Waals surface area contributed by atoms with Crippen LogP contribution in [0.1, 0.15) is 31.9 Å². The van der Waals surface area contributed by atoms with Gasteiger partial charge in [0.2, 0.25) is 0 Å². The largest absolute Gasteiger partial charge is 0.390 e. The lowest BCUT2D eigenvalue weighted by Crippen LogP contribution is -2.31. The Balaban J connectivity index is 2.24. The van der Waals surface area contributed by atoms with Crippen LogP contribution in [-0.4, -0.2) is 39.6 Å². The van der Waals surface area contributed by atoms with Crippen molar-refractivity contribution in [3.05, 3.63) is 18.1 Å². The molecule has 1 atom stereocenters. The van der Waals surface area contributed by atoms with E-state index < -0.39 is 5.60 Å². The number of aromatic nitrogens is 2. The number of amidine groups is 1. The molecule has 6 heteroatoms. The van der Waals surface area contributed by atoms with E-state index in [4.69, 9.17) is 11.1 Å². The topological polar surface area (TPSA) is 99.1 Å². The number of nitrogen functional groups attached to an aromatic ring is 1. The van der Waals surface area contributed by atoms with Gasteiger partial charge in [0.15, 0.2) is 5.82 Å². The number of anilines is 1. The van der Waals surface area contributed by atoms with Crippen LogP contribution in [-0.2, 0) is 0 Å². The third-order valence-corrected chi connectivity index (χ3v) is 3.30. The summed E-state index contributed by atoms with van der Waals surface area (Å²) in [4.78, 5) is 10.4. The van der Waals surface area contributed by atoms with Crippen LogP contribution in [0.3, 0.4) is 0 Å². The minimum absolute atomic E-state index is 0.0749. The second kappa shape index (κ2) is 4.89. The molecule has 1 aliphatic heterocycles. The van der Waals surface area contributed by atoms with Crippen LogP contribution in [0.2, 0.25) is 0 Å². The highest BCUT2D eigenvalue weighted by molar-refractivity contribution is 5.97. The summed E-state index contributed by atoms with van der Waals surface area (Å²) in [6, 6.07) is 0. The number of rotatable bonds is 2. The van der Waals surface area contributed by atoms with Crippen LogP contribution in [0, 0.1) is 5.41 Å². The Kier molecular flexibility index (Phi) is 3.47. The molecule has 18 heavy (non-hydrogen) atoms. The molecule has 2 heterocycles. The SMILES string of the molecule is CC1(O)CCCN(c2nccnc2C(=N)N)CC1. The van der Waals surface area contributed by atoms with Crippen molar-refractivity contribution >= 4 is 11.7 Å². The molecular formula is C12H19N5O. The quantitative estimate of drug-likeness (QED) is 0.523. The van der Waals surface area contributed by atoms with Gasteiger partial charge in [0.05, 0.1) is 5.60 Å². The molecule has 1 aliphatic rings. The maximum Gasteiger partial charge on any atom is 0.158 e. The van der Waals surface area contributed by atoms with Crippen molar-refractivity contribution in [3.63, 3.8) is 0 Å². The van der Waals surface area contributed by atoms with Crippen molar-refractivity contribution in [3.8, 4) is 0 Å². The fraction of sp³-hybridized carbons (Fsp3) is 0.583. The Morgan fingerprint density at radius 2 is 2.11 bits per heavy atom. The molecule has 6 nitrogen and oxygen atoms in total. The van der Waals surface area contributed by atoms with Gasteiger partial charge >= 0.3 is 0 Å². The summed E-state index contributed by atoms with van der Waals surface area (Å²) in [5.74, 6) is 0.566. The molecule has 0 saturated carbocycles. The number of hydrogen-bond donors (Lipinski definition) is 3. The molecule has 1 aromatic rings. The van der Waals surface area contributed by atoms with Crippen LogP contribution in [0.25, 0.3) is 0 Å². The van der Waals surface area contributed by atoms with Crippen molar-refractivity contribution in [2.75, 3.05) is 18.0 Å². The fourth-order valence-electron chi connectivity index (χ4n) is 2.23. The number of aliphatic hydroxyl groups is 1. The summed E-state index contributed by atoms with van der Waals surface area (Å²) < 4.78 is 0. The summed E-state index contributed by atoms with van der Waals surface area (Å²) >= 11 is 0. The van der Waals surface area contributed by atoms with E-state index in [1.165, 1.54) is 6.20 Å². The molecule has 0 amide bonds. The number of nitrogens with zero attached hydrogens (tertiary/aromatic N) is 3. The molecule has 98 valence electrons. The monoisotopic (exact) mass is 249 g/mol. The average molecular weight is 249 g/mol. The van der Waals surface area contributed by atoms with Gasteiger partial charge in [0.1, 0.15) is 11.5 Å². The van der Waals surface area contributed by atoms with Crippen molar-refractivity contribution in [2.45, 2.75) is 31.8 Å². The van der Waals surface area contributed by atoms with Gasteiger partial charge in [0, 0.05) is 25.5 Å². The highest BCUT2D eigenvalue weighted by Crippen LogP contribution is 2.25. The first-order valence-corrected chi connectivity index (χ1v) is 6.12. The first-order chi connectivity index (χ1) is 8.49. The Hall–Kier alpha value is -1.69. The van der Waals surface area contributed by atoms with E-state index in [-0.39, 0.29) is 5.84 Å². The number of hydrogen-bond acceptors (Lipinski definition) is 5. The van der Waals surface area contributed by atoms with Crippen molar-refractivity contribution in [2.24, 2.45) is 5.73 Å². The van der Waals surface area contributed by atoms with Crippen LogP contribution < -0.4 is 10.6 Å². The molecule has 2 rings (SSSR count). The molecule has 1 fully saturated rings. The van der Waals surface area contributed by atoms with Gasteiger partial charge in [-0.05, 0) is 26.2 Å². The molecule has 0 radical (unpaired) electrons. The summed E-state index contributed by atoms with van der Waals surface area (Å²) in [7, 11) is 0. The van der Waals surface area contributed by atoms with Gasteiger partial charge < -0.3 is 15.7 Å². The van der Waals surface area contributed by atoms with Crippen LogP contribution in [0.5, 0.6) is 0 Å². The van der Waals surface area contributed by atoms with Crippen LogP contribution in [0.4, 0.5) is 5.82 Å². The second-order valence-corrected chi connectivity index (χ2v) is 4.98. The van der Waals surface area contributed by atoms with E-state index in [0.29, 0.717) is 24.5 Å². The molecule has 0 bridgehead atoms. The maximum atomic E-state index is 10.1. The van der Waals surface area contributed by atoms with E-state index in [2.05, 4.69) is 9.97 Å². The van der Waals surface area contributed by atoms with E-state index in [0.717, 1.165) is 19.4 Å². The Bertz CT molecular complexity index is 446. The smallest absolute Gasteiger partial charge is 0.158 e. The second-order valence-electron chi connectivity index (χ2n) is 4.98. The van der Waals surface area contributed by atoms with E-state index in [1.54, 1.807) is 6.20 Å². The standard InChI is InChI=1S/C12H19N5O/c1-12(18)3-2-7-17(8-4-12)11-9(10(13)14)15-5-6-16-11/h5-6,18H,2-4,7-8H2,1H3,(H3,13,14). The average Bonchev–Trinajstić information content (AvgIpc) is 2.50. The lowest BCUT2D eigenvalue weighted by Gasteiger charge is -2.24. The highest BCUT2D eigenvalue weighted by Gasteiger charge is 2.26. The normalized spacial score (nSPS) is 24.7. The molecule has 0 aliphatic carbocycles. The van der Waals surface area contributed by atoms with Crippen molar-refractivity contribution in [1.29, 1.82) is 5.41 Å². The third kappa shape index (κ3) is 2.76. The molecular weight excluding hydrogens is 230 g/mol. The summed E-state index contributed by atoms with van der Waals surface area (Å²) in [5.41, 5.74) is 5.32. The zero-order valence-corrected chi connectivity index (χ0v) is 10.6. The van der Waals surface area contributed by atoms with Gasteiger partial charge in [-0.3, -0.25) is 5.41 Å². The predicted octanol–water partition coefficient (Wildman–Crippen LogP) is 0.502. The lowest BCUT2D eigenvalue weighted by molar-refractivity contribution is 0.0481. The minimum Gasteiger partial charge on any atom is -0.390 e. The molecule has 1 aromatic heterocycles. The van der Waals surface area contributed by atoms with E-state index >= 15 is 0 Å². The predicted molar refractivity (Wildman–Crippen MR) is 69.7 cm³/mol. The van der Waals surface area contributed by atoms with Gasteiger partial charge in [-0.15, -0.1) is 0 Å². The van der Waals surface area contributed by atoms with E-state index in [9.17, 15) is 5.11 Å². The Labute approximate surface area is 106 Å². The molecule has 0 aromatic carbocycles. The van der Waals surface area contributed by atoms with Gasteiger partial charge in [-0.1, -0.05) is 0 Å². The van der Waals surface area contributed by atoms with Crippen LogP contribution in [0.15, 0.2) is 12.4 Å². The van der Waals surface area contributed by atoms with Gasteiger partial charge in [-0.25, -0.2) is 9.97 Å². The molecule has 1 saturated heterocycles. The Morgan fingerprint density at radius 1 is 1.39 bits per heavy atom. The highest BCUT2D eigenvalue weighted by atomic mass is 16.3. The molecule has 4 N–H and O–H groups in total. The number of nitrogens with one attached hydrogen (secondary N) is 1. The van der Waals surface area contributed by atoms with Gasteiger partial charge in [0.25, 0.3) is 0 Å². The number of nitrogens with two attached hydrogens (primary N) is 1. The molecule has 1 unspecified atom stereocenters. The van der Waals surface area contributed by atoms with Crippen LogP contribution >= 0.6 is 0 Å². The van der Waals surface area contributed by atoms with E-state index in [1.807, 2.05) is 11.8 Å². The van der Waals surface area contributed by atoms with Crippen molar-refractivity contribution in [1.82, 2.24) is 9.97 Å².